The van der Waals surface area contributed by atoms with E-state index >= 15 is 0 Å². The number of sulfonamides is 1. The van der Waals surface area contributed by atoms with Crippen LogP contribution in [0.5, 0.6) is 0 Å². The lowest BCUT2D eigenvalue weighted by Crippen LogP contribution is -2.35. The van der Waals surface area contributed by atoms with Crippen LogP contribution in [0.2, 0.25) is 0 Å². The summed E-state index contributed by atoms with van der Waals surface area (Å²) in [5, 5.41) is 2.84. The van der Waals surface area contributed by atoms with Crippen molar-refractivity contribution in [2.75, 3.05) is 18.4 Å². The molecule has 0 aliphatic carbocycles. The zero-order valence-corrected chi connectivity index (χ0v) is 16.7. The maximum absolute atomic E-state index is 12.7. The number of aryl methyl sites for hydroxylation is 2. The van der Waals surface area contributed by atoms with Crippen LogP contribution in [0.15, 0.2) is 47.4 Å². The molecular weight excluding hydrogens is 360 g/mol. The zero-order chi connectivity index (χ0) is 19.4. The summed E-state index contributed by atoms with van der Waals surface area (Å²) >= 11 is 0. The third-order valence-corrected chi connectivity index (χ3v) is 6.94. The first-order valence-electron chi connectivity index (χ1n) is 9.32. The van der Waals surface area contributed by atoms with Crippen LogP contribution < -0.4 is 5.32 Å². The first kappa shape index (κ1) is 19.6. The van der Waals surface area contributed by atoms with Crippen molar-refractivity contribution >= 4 is 21.6 Å². The second-order valence-corrected chi connectivity index (χ2v) is 9.07. The third-order valence-electron chi connectivity index (χ3n) is 5.03. The summed E-state index contributed by atoms with van der Waals surface area (Å²) in [6.07, 6.45) is 3.18. The molecule has 0 saturated carbocycles. The minimum atomic E-state index is -3.44. The largest absolute Gasteiger partial charge is 0.326 e. The van der Waals surface area contributed by atoms with Gasteiger partial charge in [0.25, 0.3) is 0 Å². The van der Waals surface area contributed by atoms with Gasteiger partial charge >= 0.3 is 0 Å². The summed E-state index contributed by atoms with van der Waals surface area (Å²) in [6.45, 7) is 5.23. The molecule has 1 N–H and O–H groups in total. The number of carbonyl (C=O) groups is 1. The van der Waals surface area contributed by atoms with Crippen LogP contribution >= 0.6 is 0 Å². The predicted octanol–water partition coefficient (Wildman–Crippen LogP) is 3.66. The summed E-state index contributed by atoms with van der Waals surface area (Å²) < 4.78 is 26.9. The van der Waals surface area contributed by atoms with E-state index in [-0.39, 0.29) is 17.2 Å². The molecule has 1 amide bonds. The van der Waals surface area contributed by atoms with Crippen molar-refractivity contribution in [1.29, 1.82) is 0 Å². The SMILES string of the molecule is Cc1ccc(CC(=O)Nc2ccc(S(=O)(=O)N3CCCCC3)cc2)cc1C. The molecule has 1 saturated heterocycles. The summed E-state index contributed by atoms with van der Waals surface area (Å²) in [6, 6.07) is 12.4. The first-order valence-corrected chi connectivity index (χ1v) is 10.8. The lowest BCUT2D eigenvalue weighted by molar-refractivity contribution is -0.115. The Morgan fingerprint density at radius 2 is 1.63 bits per heavy atom. The van der Waals surface area contributed by atoms with Crippen LogP contribution in [0.25, 0.3) is 0 Å². The number of hydrogen-bond acceptors (Lipinski definition) is 3. The van der Waals surface area contributed by atoms with Crippen LogP contribution in [0, 0.1) is 13.8 Å². The molecule has 5 nitrogen and oxygen atoms in total. The van der Waals surface area contributed by atoms with Crippen LogP contribution in [-0.2, 0) is 21.2 Å². The lowest BCUT2D eigenvalue weighted by atomic mass is 10.0. The van der Waals surface area contributed by atoms with Crippen molar-refractivity contribution < 1.29 is 13.2 Å². The molecule has 0 aromatic heterocycles. The Morgan fingerprint density at radius 3 is 2.26 bits per heavy atom. The fourth-order valence-electron chi connectivity index (χ4n) is 3.27. The fraction of sp³-hybridized carbons (Fsp3) is 0.381. The fourth-order valence-corrected chi connectivity index (χ4v) is 4.79. The van der Waals surface area contributed by atoms with E-state index in [1.807, 2.05) is 32.0 Å². The second kappa shape index (κ2) is 8.23. The summed E-state index contributed by atoms with van der Waals surface area (Å²) in [4.78, 5) is 12.5. The zero-order valence-electron chi connectivity index (χ0n) is 15.9. The maximum Gasteiger partial charge on any atom is 0.243 e. The Hall–Kier alpha value is -2.18. The minimum absolute atomic E-state index is 0.120. The van der Waals surface area contributed by atoms with Gasteiger partial charge in [0.05, 0.1) is 11.3 Å². The van der Waals surface area contributed by atoms with Gasteiger partial charge in [-0.25, -0.2) is 8.42 Å². The van der Waals surface area contributed by atoms with Gasteiger partial charge in [-0.05, 0) is 67.6 Å². The van der Waals surface area contributed by atoms with E-state index in [1.54, 1.807) is 28.6 Å². The van der Waals surface area contributed by atoms with E-state index in [9.17, 15) is 13.2 Å². The van der Waals surface area contributed by atoms with E-state index in [0.29, 0.717) is 18.8 Å². The molecule has 0 radical (unpaired) electrons. The van der Waals surface area contributed by atoms with Gasteiger partial charge < -0.3 is 5.32 Å². The highest BCUT2D eigenvalue weighted by Gasteiger charge is 2.25. The topological polar surface area (TPSA) is 66.5 Å². The molecule has 2 aromatic carbocycles. The van der Waals surface area contributed by atoms with Crippen LogP contribution in [0.1, 0.15) is 36.0 Å². The Labute approximate surface area is 161 Å². The van der Waals surface area contributed by atoms with Crippen molar-refractivity contribution in [3.05, 3.63) is 59.2 Å². The number of carbonyl (C=O) groups excluding carboxylic acids is 1. The second-order valence-electron chi connectivity index (χ2n) is 7.13. The normalized spacial score (nSPS) is 15.5. The van der Waals surface area contributed by atoms with Crippen LogP contribution in [-0.4, -0.2) is 31.7 Å². The van der Waals surface area contributed by atoms with E-state index in [0.717, 1.165) is 30.4 Å². The molecule has 6 heteroatoms. The highest BCUT2D eigenvalue weighted by atomic mass is 32.2. The Kier molecular flexibility index (Phi) is 5.97. The molecule has 27 heavy (non-hydrogen) atoms. The molecule has 1 fully saturated rings. The van der Waals surface area contributed by atoms with E-state index in [4.69, 9.17) is 0 Å². The number of hydrogen-bond donors (Lipinski definition) is 1. The average molecular weight is 387 g/mol. The molecule has 1 aliphatic heterocycles. The monoisotopic (exact) mass is 386 g/mol. The highest BCUT2D eigenvalue weighted by Crippen LogP contribution is 2.22. The number of amides is 1. The summed E-state index contributed by atoms with van der Waals surface area (Å²) in [5.41, 5.74) is 3.92. The van der Waals surface area contributed by atoms with Gasteiger partial charge in [-0.2, -0.15) is 4.31 Å². The van der Waals surface area contributed by atoms with Crippen LogP contribution in [0.3, 0.4) is 0 Å². The van der Waals surface area contributed by atoms with Crippen LogP contribution in [0.4, 0.5) is 5.69 Å². The maximum atomic E-state index is 12.7. The Balaban J connectivity index is 1.64. The van der Waals surface area contributed by atoms with Gasteiger partial charge in [0, 0.05) is 18.8 Å². The van der Waals surface area contributed by atoms with Gasteiger partial charge in [-0.15, -0.1) is 0 Å². The molecule has 1 aliphatic rings. The van der Waals surface area contributed by atoms with E-state index in [1.165, 1.54) is 5.56 Å². The van der Waals surface area contributed by atoms with Gasteiger partial charge in [-0.3, -0.25) is 4.79 Å². The quantitative estimate of drug-likeness (QED) is 0.853. The van der Waals surface area contributed by atoms with Gasteiger partial charge in [0.15, 0.2) is 0 Å². The van der Waals surface area contributed by atoms with Crippen molar-refractivity contribution in [3.63, 3.8) is 0 Å². The highest BCUT2D eigenvalue weighted by molar-refractivity contribution is 7.89. The molecule has 3 rings (SSSR count). The van der Waals surface area contributed by atoms with Crippen molar-refractivity contribution in [2.45, 2.75) is 44.4 Å². The molecule has 0 bridgehead atoms. The van der Waals surface area contributed by atoms with Crippen molar-refractivity contribution in [2.24, 2.45) is 0 Å². The van der Waals surface area contributed by atoms with Gasteiger partial charge in [0.1, 0.15) is 0 Å². The Bertz CT molecular complexity index is 915. The molecule has 0 atom stereocenters. The molecule has 0 unspecified atom stereocenters. The number of piperidine rings is 1. The molecule has 1 heterocycles. The van der Waals surface area contributed by atoms with Gasteiger partial charge in [-0.1, -0.05) is 24.6 Å². The number of rotatable bonds is 5. The van der Waals surface area contributed by atoms with Gasteiger partial charge in [0.2, 0.25) is 15.9 Å². The molecule has 2 aromatic rings. The van der Waals surface area contributed by atoms with E-state index < -0.39 is 10.0 Å². The standard InChI is InChI=1S/C21H26N2O3S/c1-16-6-7-18(14-17(16)2)15-21(24)22-19-8-10-20(11-9-19)27(25,26)23-12-4-3-5-13-23/h6-11,14H,3-5,12-13,15H2,1-2H3,(H,22,24). The third kappa shape index (κ3) is 4.76. The number of nitrogens with one attached hydrogen (secondary N) is 1. The predicted molar refractivity (Wildman–Crippen MR) is 107 cm³/mol. The summed E-state index contributed by atoms with van der Waals surface area (Å²) in [7, 11) is -3.44. The van der Waals surface area contributed by atoms with E-state index in [2.05, 4.69) is 5.32 Å². The number of benzene rings is 2. The number of anilines is 1. The average Bonchev–Trinajstić information content (AvgIpc) is 2.66. The minimum Gasteiger partial charge on any atom is -0.326 e. The first-order chi connectivity index (χ1) is 12.9. The van der Waals surface area contributed by atoms with Crippen molar-refractivity contribution in [3.8, 4) is 0 Å². The molecule has 144 valence electrons. The Morgan fingerprint density at radius 1 is 0.963 bits per heavy atom. The van der Waals surface area contributed by atoms with Crippen molar-refractivity contribution in [1.82, 2.24) is 4.31 Å². The number of nitrogens with zero attached hydrogens (tertiary/aromatic N) is 1. The lowest BCUT2D eigenvalue weighted by Gasteiger charge is -2.25. The summed E-state index contributed by atoms with van der Waals surface area (Å²) in [5.74, 6) is -0.120. The smallest absolute Gasteiger partial charge is 0.243 e. The molecule has 0 spiro atoms. The molecular formula is C21H26N2O3S.